The fourth-order valence-electron chi connectivity index (χ4n) is 8.66. The molecule has 0 radical (unpaired) electrons. The highest BCUT2D eigenvalue weighted by molar-refractivity contribution is 6.10. The number of aryl methyl sites for hydroxylation is 2. The standard InChI is InChI=1S/C53H35N5O2/c1-32-20-23-44-46(26-32)59-48-30-38(31-49-50(48)58(44)45-24-21-33(2)27-47(45)60-49)36-22-25-43-41(29-36)40-18-9-10-19-42(40)57(43)39-17-11-16-37(28-39)53-55-51(34-12-5-3-6-13-34)54-52(56-53)35-14-7-4-8-15-35/h3-31H,1-2H3. The van der Waals surface area contributed by atoms with Crippen LogP contribution in [0.25, 0.3) is 72.8 Å². The molecule has 0 amide bonds. The van der Waals surface area contributed by atoms with Gasteiger partial charge in [0.15, 0.2) is 40.5 Å². The van der Waals surface area contributed by atoms with Crippen molar-refractivity contribution in [2.24, 2.45) is 0 Å². The van der Waals surface area contributed by atoms with Crippen molar-refractivity contribution in [1.29, 1.82) is 0 Å². The minimum atomic E-state index is 0.613. The van der Waals surface area contributed by atoms with Gasteiger partial charge >= 0.3 is 0 Å². The van der Waals surface area contributed by atoms with Crippen molar-refractivity contribution < 1.29 is 9.47 Å². The third-order valence-electron chi connectivity index (χ3n) is 11.5. The lowest BCUT2D eigenvalue weighted by molar-refractivity contribution is 0.446. The minimum absolute atomic E-state index is 0.613. The van der Waals surface area contributed by atoms with Gasteiger partial charge in [0, 0.05) is 33.2 Å². The molecular formula is C53H35N5O2. The van der Waals surface area contributed by atoms with E-state index >= 15 is 0 Å². The van der Waals surface area contributed by atoms with Gasteiger partial charge in [0.25, 0.3) is 0 Å². The van der Waals surface area contributed by atoms with Crippen molar-refractivity contribution in [3.8, 4) is 74.0 Å². The number of ether oxygens (including phenoxy) is 2. The number of nitrogens with zero attached hydrogens (tertiary/aromatic N) is 5. The van der Waals surface area contributed by atoms with Gasteiger partial charge in [0.1, 0.15) is 5.69 Å². The molecule has 0 spiro atoms. The highest BCUT2D eigenvalue weighted by Crippen LogP contribution is 2.60. The number of hydrogen-bond donors (Lipinski definition) is 0. The zero-order chi connectivity index (χ0) is 39.9. The molecule has 2 aromatic heterocycles. The van der Waals surface area contributed by atoms with Crippen molar-refractivity contribution in [2.45, 2.75) is 13.8 Å². The van der Waals surface area contributed by atoms with Gasteiger partial charge in [0.05, 0.1) is 22.4 Å². The summed E-state index contributed by atoms with van der Waals surface area (Å²) in [4.78, 5) is 17.2. The van der Waals surface area contributed by atoms with Gasteiger partial charge in [-0.15, -0.1) is 0 Å². The first-order valence-electron chi connectivity index (χ1n) is 20.1. The first-order valence-corrected chi connectivity index (χ1v) is 20.1. The van der Waals surface area contributed by atoms with Crippen LogP contribution in [-0.2, 0) is 0 Å². The lowest BCUT2D eigenvalue weighted by Crippen LogP contribution is -2.20. The predicted molar refractivity (Wildman–Crippen MR) is 240 cm³/mol. The summed E-state index contributed by atoms with van der Waals surface area (Å²) in [6, 6.07) is 60.9. The summed E-state index contributed by atoms with van der Waals surface area (Å²) in [5.41, 5.74) is 13.2. The molecule has 284 valence electrons. The Bertz CT molecular complexity index is 3220. The van der Waals surface area contributed by atoms with E-state index in [9.17, 15) is 0 Å². The van der Waals surface area contributed by atoms with Crippen LogP contribution < -0.4 is 14.4 Å². The second kappa shape index (κ2) is 13.3. The van der Waals surface area contributed by atoms with E-state index in [-0.39, 0.29) is 0 Å². The highest BCUT2D eigenvalue weighted by Gasteiger charge is 2.35. The molecule has 0 atom stereocenters. The Labute approximate surface area is 346 Å². The van der Waals surface area contributed by atoms with Crippen LogP contribution in [0.4, 0.5) is 17.1 Å². The number of para-hydroxylation sites is 1. The van der Waals surface area contributed by atoms with Crippen molar-refractivity contribution in [3.63, 3.8) is 0 Å². The molecule has 12 rings (SSSR count). The van der Waals surface area contributed by atoms with Crippen LogP contribution in [0, 0.1) is 13.8 Å². The van der Waals surface area contributed by atoms with Crippen LogP contribution in [0.3, 0.4) is 0 Å². The maximum atomic E-state index is 6.70. The fourth-order valence-corrected chi connectivity index (χ4v) is 8.66. The smallest absolute Gasteiger partial charge is 0.164 e. The van der Waals surface area contributed by atoms with Crippen LogP contribution in [0.15, 0.2) is 176 Å². The molecule has 0 saturated heterocycles. The first-order chi connectivity index (χ1) is 29.5. The molecule has 0 unspecified atom stereocenters. The van der Waals surface area contributed by atoms with E-state index in [1.54, 1.807) is 0 Å². The Kier molecular flexibility index (Phi) is 7.53. The normalized spacial score (nSPS) is 12.4. The monoisotopic (exact) mass is 773 g/mol. The lowest BCUT2D eigenvalue weighted by Gasteiger charge is -2.38. The number of fused-ring (bicyclic) bond motifs is 7. The molecule has 0 N–H and O–H groups in total. The van der Waals surface area contributed by atoms with E-state index in [1.807, 2.05) is 60.7 Å². The molecule has 0 fully saturated rings. The number of benzene rings is 8. The molecule has 60 heavy (non-hydrogen) atoms. The van der Waals surface area contributed by atoms with Crippen molar-refractivity contribution in [3.05, 3.63) is 187 Å². The van der Waals surface area contributed by atoms with E-state index in [0.717, 1.165) is 106 Å². The quantitative estimate of drug-likeness (QED) is 0.174. The lowest BCUT2D eigenvalue weighted by atomic mass is 9.99. The molecule has 8 aromatic carbocycles. The van der Waals surface area contributed by atoms with Crippen molar-refractivity contribution >= 4 is 38.9 Å². The summed E-state index contributed by atoms with van der Waals surface area (Å²) in [6.07, 6.45) is 0. The highest BCUT2D eigenvalue weighted by atomic mass is 16.5. The molecule has 0 bridgehead atoms. The fraction of sp³-hybridized carbons (Fsp3) is 0.0377. The summed E-state index contributed by atoms with van der Waals surface area (Å²) in [7, 11) is 0. The number of anilines is 3. The van der Waals surface area contributed by atoms with Crippen LogP contribution in [0.5, 0.6) is 23.0 Å². The van der Waals surface area contributed by atoms with Gasteiger partial charge in [-0.05, 0) is 103 Å². The van der Waals surface area contributed by atoms with Crippen LogP contribution in [0.1, 0.15) is 11.1 Å². The molecule has 10 aromatic rings. The minimum Gasteiger partial charge on any atom is -0.453 e. The SMILES string of the molecule is Cc1ccc2c(c1)Oc1cc(-c3ccc4c(c3)c3ccccc3n4-c3cccc(-c4nc(-c5ccccc5)nc(-c5ccccc5)n4)c3)cc3c1N2c1ccc(C)cc1O3. The molecule has 2 aliphatic heterocycles. The summed E-state index contributed by atoms with van der Waals surface area (Å²) in [6.45, 7) is 4.19. The summed E-state index contributed by atoms with van der Waals surface area (Å²) < 4.78 is 15.7. The molecule has 2 aliphatic rings. The molecule has 0 saturated carbocycles. The largest absolute Gasteiger partial charge is 0.453 e. The molecule has 7 heteroatoms. The summed E-state index contributed by atoms with van der Waals surface area (Å²) in [5.74, 6) is 5.04. The Hall–Kier alpha value is -8.03. The van der Waals surface area contributed by atoms with Crippen molar-refractivity contribution in [2.75, 3.05) is 4.90 Å². The van der Waals surface area contributed by atoms with Crippen LogP contribution >= 0.6 is 0 Å². The average molecular weight is 774 g/mol. The number of rotatable bonds is 5. The Balaban J connectivity index is 0.989. The van der Waals surface area contributed by atoms with Gasteiger partial charge in [-0.25, -0.2) is 15.0 Å². The van der Waals surface area contributed by atoms with E-state index in [2.05, 4.69) is 139 Å². The molecular weight excluding hydrogens is 739 g/mol. The third-order valence-corrected chi connectivity index (χ3v) is 11.5. The summed E-state index contributed by atoms with van der Waals surface area (Å²) in [5, 5.41) is 2.30. The maximum absolute atomic E-state index is 6.70. The predicted octanol–water partition coefficient (Wildman–Crippen LogP) is 13.9. The van der Waals surface area contributed by atoms with Gasteiger partial charge < -0.3 is 14.0 Å². The van der Waals surface area contributed by atoms with Gasteiger partial charge in [0.2, 0.25) is 0 Å². The first kappa shape index (κ1) is 34.0. The molecule has 7 nitrogen and oxygen atoms in total. The molecule has 0 aliphatic carbocycles. The average Bonchev–Trinajstić information content (AvgIpc) is 3.63. The zero-order valence-corrected chi connectivity index (χ0v) is 32.8. The zero-order valence-electron chi connectivity index (χ0n) is 32.8. The topological polar surface area (TPSA) is 65.3 Å². The second-order valence-corrected chi connectivity index (χ2v) is 15.5. The number of hydrogen-bond acceptors (Lipinski definition) is 6. The third kappa shape index (κ3) is 5.47. The Morgan fingerprint density at radius 2 is 0.933 bits per heavy atom. The second-order valence-electron chi connectivity index (χ2n) is 15.5. The maximum Gasteiger partial charge on any atom is 0.164 e. The Morgan fingerprint density at radius 3 is 1.57 bits per heavy atom. The van der Waals surface area contributed by atoms with Gasteiger partial charge in [-0.3, -0.25) is 4.90 Å². The van der Waals surface area contributed by atoms with E-state index in [1.165, 1.54) is 0 Å². The van der Waals surface area contributed by atoms with E-state index < -0.39 is 0 Å². The summed E-state index contributed by atoms with van der Waals surface area (Å²) >= 11 is 0. The van der Waals surface area contributed by atoms with E-state index in [4.69, 9.17) is 24.4 Å². The van der Waals surface area contributed by atoms with Crippen LogP contribution in [0.2, 0.25) is 0 Å². The Morgan fingerprint density at radius 1 is 0.383 bits per heavy atom. The van der Waals surface area contributed by atoms with E-state index in [0.29, 0.717) is 17.5 Å². The van der Waals surface area contributed by atoms with Crippen molar-refractivity contribution in [1.82, 2.24) is 19.5 Å². The van der Waals surface area contributed by atoms with Crippen LogP contribution in [-0.4, -0.2) is 19.5 Å². The van der Waals surface area contributed by atoms with Gasteiger partial charge in [-0.1, -0.05) is 109 Å². The van der Waals surface area contributed by atoms with Gasteiger partial charge in [-0.2, -0.15) is 0 Å². The molecule has 4 heterocycles. The number of aromatic nitrogens is 4.